The summed E-state index contributed by atoms with van der Waals surface area (Å²) in [4.78, 5) is 23.3. The summed E-state index contributed by atoms with van der Waals surface area (Å²) in [6.07, 6.45) is 3.04. The van der Waals surface area contributed by atoms with Gasteiger partial charge in [0.15, 0.2) is 17.6 Å². The maximum Gasteiger partial charge on any atom is 0.387 e. The molecule has 0 radical (unpaired) electrons. The second-order valence-corrected chi connectivity index (χ2v) is 4.74. The molecular weight excluding hydrogens is 336 g/mol. The highest BCUT2D eigenvalue weighted by atomic mass is 19.3. The van der Waals surface area contributed by atoms with Gasteiger partial charge in [-0.2, -0.15) is 8.78 Å². The Kier molecular flexibility index (Phi) is 8.11. The molecule has 0 aliphatic carbocycles. The summed E-state index contributed by atoms with van der Waals surface area (Å²) in [6.45, 7) is 2.19. The number of benzene rings is 1. The van der Waals surface area contributed by atoms with Crippen LogP contribution in [0.2, 0.25) is 0 Å². The minimum Gasteiger partial charge on any atom is -0.493 e. The summed E-state index contributed by atoms with van der Waals surface area (Å²) in [5.41, 5.74) is 0.499. The third kappa shape index (κ3) is 7.03. The van der Waals surface area contributed by atoms with Crippen molar-refractivity contribution >= 4 is 18.0 Å². The SMILES string of the molecule is C=CCNC(=O)C(C)OC(=O)C=Cc1ccc(OC(F)F)c(OC)c1. The first-order valence-corrected chi connectivity index (χ1v) is 7.27. The Labute approximate surface area is 144 Å². The van der Waals surface area contributed by atoms with Crippen molar-refractivity contribution in [2.75, 3.05) is 13.7 Å². The Hall–Kier alpha value is -2.90. The van der Waals surface area contributed by atoms with Crippen molar-refractivity contribution in [3.8, 4) is 11.5 Å². The first kappa shape index (κ1) is 20.1. The number of methoxy groups -OCH3 is 1. The van der Waals surface area contributed by atoms with Crippen LogP contribution in [0.25, 0.3) is 6.08 Å². The lowest BCUT2D eigenvalue weighted by atomic mass is 10.2. The van der Waals surface area contributed by atoms with Crippen LogP contribution in [0, 0.1) is 0 Å². The Morgan fingerprint density at radius 3 is 2.64 bits per heavy atom. The quantitative estimate of drug-likeness (QED) is 0.419. The molecule has 1 amide bonds. The van der Waals surface area contributed by atoms with Crippen LogP contribution in [-0.4, -0.2) is 38.2 Å². The second-order valence-electron chi connectivity index (χ2n) is 4.74. The molecule has 0 bridgehead atoms. The number of nitrogens with one attached hydrogen (secondary N) is 1. The number of ether oxygens (including phenoxy) is 3. The van der Waals surface area contributed by atoms with E-state index in [4.69, 9.17) is 9.47 Å². The fraction of sp³-hybridized carbons (Fsp3) is 0.294. The van der Waals surface area contributed by atoms with Gasteiger partial charge in [-0.05, 0) is 30.7 Å². The molecule has 25 heavy (non-hydrogen) atoms. The molecule has 0 fully saturated rings. The molecule has 1 N–H and O–H groups in total. The van der Waals surface area contributed by atoms with Crippen LogP contribution in [0.4, 0.5) is 8.78 Å². The molecular formula is C17H19F2NO5. The zero-order valence-corrected chi connectivity index (χ0v) is 13.8. The number of carbonyl (C=O) groups excluding carboxylic acids is 2. The standard InChI is InChI=1S/C17H19F2NO5/c1-4-9-20-16(22)11(2)24-15(21)8-6-12-5-7-13(25-17(18)19)14(10-12)23-3/h4-8,10-11,17H,1,9H2,2-3H3,(H,20,22). The van der Waals surface area contributed by atoms with Crippen LogP contribution in [0.1, 0.15) is 12.5 Å². The maximum absolute atomic E-state index is 12.3. The van der Waals surface area contributed by atoms with Crippen molar-refractivity contribution in [1.82, 2.24) is 5.32 Å². The summed E-state index contributed by atoms with van der Waals surface area (Å²) >= 11 is 0. The molecule has 1 aromatic rings. The van der Waals surface area contributed by atoms with Gasteiger partial charge >= 0.3 is 12.6 Å². The maximum atomic E-state index is 12.3. The average Bonchev–Trinajstić information content (AvgIpc) is 2.58. The number of alkyl halides is 2. The third-order valence-corrected chi connectivity index (χ3v) is 2.90. The van der Waals surface area contributed by atoms with E-state index in [0.29, 0.717) is 5.56 Å². The van der Waals surface area contributed by atoms with E-state index >= 15 is 0 Å². The molecule has 1 unspecified atom stereocenters. The Balaban J connectivity index is 2.69. The minimum atomic E-state index is -2.97. The van der Waals surface area contributed by atoms with Gasteiger partial charge < -0.3 is 19.5 Å². The summed E-state index contributed by atoms with van der Waals surface area (Å²) in [5, 5.41) is 2.50. The molecule has 6 nitrogen and oxygen atoms in total. The molecule has 0 aromatic heterocycles. The smallest absolute Gasteiger partial charge is 0.387 e. The first-order chi connectivity index (χ1) is 11.9. The topological polar surface area (TPSA) is 73.9 Å². The van der Waals surface area contributed by atoms with E-state index in [1.54, 1.807) is 0 Å². The zero-order valence-electron chi connectivity index (χ0n) is 13.8. The van der Waals surface area contributed by atoms with Crippen LogP contribution < -0.4 is 14.8 Å². The van der Waals surface area contributed by atoms with E-state index < -0.39 is 24.6 Å². The average molecular weight is 355 g/mol. The van der Waals surface area contributed by atoms with E-state index in [-0.39, 0.29) is 18.0 Å². The predicted molar refractivity (Wildman–Crippen MR) is 87.4 cm³/mol. The Morgan fingerprint density at radius 2 is 2.04 bits per heavy atom. The van der Waals surface area contributed by atoms with Gasteiger partial charge in [0.2, 0.25) is 0 Å². The van der Waals surface area contributed by atoms with Crippen LogP contribution in [0.5, 0.6) is 11.5 Å². The van der Waals surface area contributed by atoms with Crippen molar-refractivity contribution in [2.45, 2.75) is 19.6 Å². The molecule has 0 saturated carbocycles. The van der Waals surface area contributed by atoms with Gasteiger partial charge in [-0.3, -0.25) is 4.79 Å². The third-order valence-electron chi connectivity index (χ3n) is 2.90. The highest BCUT2D eigenvalue weighted by Crippen LogP contribution is 2.29. The monoisotopic (exact) mass is 355 g/mol. The number of hydrogen-bond acceptors (Lipinski definition) is 5. The molecule has 8 heteroatoms. The number of rotatable bonds is 9. The highest BCUT2D eigenvalue weighted by Gasteiger charge is 2.15. The molecule has 0 aliphatic rings. The van der Waals surface area contributed by atoms with Gasteiger partial charge in [0, 0.05) is 12.6 Å². The normalized spacial score (nSPS) is 11.9. The van der Waals surface area contributed by atoms with Gasteiger partial charge in [-0.1, -0.05) is 12.1 Å². The summed E-state index contributed by atoms with van der Waals surface area (Å²) in [5.74, 6) is -1.21. The fourth-order valence-corrected chi connectivity index (χ4v) is 1.73. The molecule has 0 saturated heterocycles. The van der Waals surface area contributed by atoms with Gasteiger partial charge in [0.25, 0.3) is 5.91 Å². The van der Waals surface area contributed by atoms with Crippen LogP contribution >= 0.6 is 0 Å². The summed E-state index contributed by atoms with van der Waals surface area (Å²) in [6, 6.07) is 4.17. The Bertz CT molecular complexity index is 646. The molecule has 0 heterocycles. The number of esters is 1. The molecule has 0 spiro atoms. The van der Waals surface area contributed by atoms with Crippen LogP contribution in [0.15, 0.2) is 36.9 Å². The first-order valence-electron chi connectivity index (χ1n) is 7.27. The zero-order chi connectivity index (χ0) is 18.8. The molecule has 1 aromatic carbocycles. The van der Waals surface area contributed by atoms with Gasteiger partial charge in [-0.15, -0.1) is 6.58 Å². The van der Waals surface area contributed by atoms with E-state index in [1.807, 2.05) is 0 Å². The largest absolute Gasteiger partial charge is 0.493 e. The van der Waals surface area contributed by atoms with Crippen molar-refractivity contribution in [1.29, 1.82) is 0 Å². The van der Waals surface area contributed by atoms with E-state index in [9.17, 15) is 18.4 Å². The molecule has 136 valence electrons. The van der Waals surface area contributed by atoms with Crippen molar-refractivity contribution in [2.24, 2.45) is 0 Å². The van der Waals surface area contributed by atoms with E-state index in [1.165, 1.54) is 44.4 Å². The van der Waals surface area contributed by atoms with Gasteiger partial charge in [0.1, 0.15) is 0 Å². The Morgan fingerprint density at radius 1 is 1.32 bits per heavy atom. The molecule has 0 aliphatic heterocycles. The van der Waals surface area contributed by atoms with Crippen molar-refractivity contribution in [3.05, 3.63) is 42.5 Å². The van der Waals surface area contributed by atoms with E-state index in [0.717, 1.165) is 6.08 Å². The lowest BCUT2D eigenvalue weighted by Gasteiger charge is -2.11. The number of halogens is 2. The summed E-state index contributed by atoms with van der Waals surface area (Å²) in [7, 11) is 1.30. The molecule has 1 atom stereocenters. The highest BCUT2D eigenvalue weighted by molar-refractivity contribution is 5.90. The minimum absolute atomic E-state index is 0.0907. The molecule has 1 rings (SSSR count). The van der Waals surface area contributed by atoms with Crippen LogP contribution in [0.3, 0.4) is 0 Å². The number of hydrogen-bond donors (Lipinski definition) is 1. The van der Waals surface area contributed by atoms with Gasteiger partial charge in [0.05, 0.1) is 7.11 Å². The van der Waals surface area contributed by atoms with Gasteiger partial charge in [-0.25, -0.2) is 4.79 Å². The van der Waals surface area contributed by atoms with E-state index in [2.05, 4.69) is 16.6 Å². The van der Waals surface area contributed by atoms with Crippen molar-refractivity contribution in [3.63, 3.8) is 0 Å². The van der Waals surface area contributed by atoms with Crippen LogP contribution in [-0.2, 0) is 14.3 Å². The second kappa shape index (κ2) is 10.1. The van der Waals surface area contributed by atoms with Crippen molar-refractivity contribution < 1.29 is 32.6 Å². The number of carbonyl (C=O) groups is 2. The number of amides is 1. The summed E-state index contributed by atoms with van der Waals surface area (Å²) < 4.78 is 38.7. The fourth-order valence-electron chi connectivity index (χ4n) is 1.73. The lowest BCUT2D eigenvalue weighted by Crippen LogP contribution is -2.35. The predicted octanol–water partition coefficient (Wildman–Crippen LogP) is 2.54. The lowest BCUT2D eigenvalue weighted by molar-refractivity contribution is -0.150.